The Morgan fingerprint density at radius 1 is 1.39 bits per heavy atom. The van der Waals surface area contributed by atoms with Crippen LogP contribution >= 0.6 is 0 Å². The largest absolute Gasteiger partial charge is 0.508 e. The maximum atomic E-state index is 9.90. The Labute approximate surface area is 108 Å². The molecule has 2 rings (SSSR count). The summed E-state index contributed by atoms with van der Waals surface area (Å²) in [6.45, 7) is 2.70. The highest BCUT2D eigenvalue weighted by molar-refractivity contribution is 5.40. The lowest BCUT2D eigenvalue weighted by molar-refractivity contribution is 0.168. The second kappa shape index (κ2) is 5.16. The van der Waals surface area contributed by atoms with E-state index < -0.39 is 0 Å². The normalized spacial score (nSPS) is 18.9. The molecule has 0 saturated heterocycles. The monoisotopic (exact) mass is 250 g/mol. The van der Waals surface area contributed by atoms with Crippen molar-refractivity contribution in [2.45, 2.75) is 31.8 Å². The lowest BCUT2D eigenvalue weighted by atomic mass is 10.0. The van der Waals surface area contributed by atoms with E-state index in [0.29, 0.717) is 18.5 Å². The SMILES string of the molecule is CC(c1ccc(O)cc1O)N(C)C(CN)C1CC1. The lowest BCUT2D eigenvalue weighted by Crippen LogP contribution is -2.41. The first kappa shape index (κ1) is 13.2. The first-order chi connectivity index (χ1) is 8.54. The molecule has 1 aliphatic rings. The molecular weight excluding hydrogens is 228 g/mol. The van der Waals surface area contributed by atoms with Crippen LogP contribution in [0, 0.1) is 5.92 Å². The number of nitrogens with two attached hydrogens (primary N) is 1. The third-order valence-corrected chi connectivity index (χ3v) is 4.01. The third-order valence-electron chi connectivity index (χ3n) is 4.01. The van der Waals surface area contributed by atoms with Crippen molar-refractivity contribution in [2.24, 2.45) is 11.7 Å². The summed E-state index contributed by atoms with van der Waals surface area (Å²) < 4.78 is 0. The summed E-state index contributed by atoms with van der Waals surface area (Å²) in [7, 11) is 2.05. The molecule has 1 aromatic carbocycles. The molecule has 1 saturated carbocycles. The van der Waals surface area contributed by atoms with Gasteiger partial charge in [0.25, 0.3) is 0 Å². The Morgan fingerprint density at radius 3 is 2.56 bits per heavy atom. The van der Waals surface area contributed by atoms with E-state index in [2.05, 4.69) is 11.8 Å². The van der Waals surface area contributed by atoms with E-state index in [1.54, 1.807) is 12.1 Å². The zero-order valence-electron chi connectivity index (χ0n) is 11.0. The summed E-state index contributed by atoms with van der Waals surface area (Å²) in [5.74, 6) is 0.922. The molecule has 0 bridgehead atoms. The summed E-state index contributed by atoms with van der Waals surface area (Å²) in [6, 6.07) is 5.21. The van der Waals surface area contributed by atoms with E-state index in [1.165, 1.54) is 18.9 Å². The van der Waals surface area contributed by atoms with Gasteiger partial charge in [0.15, 0.2) is 0 Å². The van der Waals surface area contributed by atoms with Crippen molar-refractivity contribution in [1.82, 2.24) is 4.90 Å². The summed E-state index contributed by atoms with van der Waals surface area (Å²) in [5.41, 5.74) is 6.68. The van der Waals surface area contributed by atoms with Gasteiger partial charge in [0.1, 0.15) is 11.5 Å². The zero-order chi connectivity index (χ0) is 13.3. The molecule has 0 heterocycles. The van der Waals surface area contributed by atoms with Crippen molar-refractivity contribution in [1.29, 1.82) is 0 Å². The smallest absolute Gasteiger partial charge is 0.124 e. The number of hydrogen-bond acceptors (Lipinski definition) is 4. The fraction of sp³-hybridized carbons (Fsp3) is 0.571. The van der Waals surface area contributed by atoms with Crippen LogP contribution in [0.25, 0.3) is 0 Å². The third kappa shape index (κ3) is 2.60. The van der Waals surface area contributed by atoms with Crippen LogP contribution in [-0.4, -0.2) is 34.7 Å². The van der Waals surface area contributed by atoms with Crippen LogP contribution in [-0.2, 0) is 0 Å². The number of phenols is 2. The summed E-state index contributed by atoms with van der Waals surface area (Å²) in [6.07, 6.45) is 2.50. The molecule has 2 unspecified atom stereocenters. The Kier molecular flexibility index (Phi) is 3.78. The highest BCUT2D eigenvalue weighted by Gasteiger charge is 2.35. The Morgan fingerprint density at radius 2 is 2.06 bits per heavy atom. The highest BCUT2D eigenvalue weighted by Crippen LogP contribution is 2.38. The molecule has 0 amide bonds. The van der Waals surface area contributed by atoms with Crippen molar-refractivity contribution in [3.8, 4) is 11.5 Å². The fourth-order valence-electron chi connectivity index (χ4n) is 2.56. The molecular formula is C14H22N2O2. The van der Waals surface area contributed by atoms with Crippen LogP contribution in [0.3, 0.4) is 0 Å². The number of rotatable bonds is 5. The van der Waals surface area contributed by atoms with Gasteiger partial charge in [0.05, 0.1) is 0 Å². The van der Waals surface area contributed by atoms with Crippen molar-refractivity contribution in [3.63, 3.8) is 0 Å². The van der Waals surface area contributed by atoms with Gasteiger partial charge in [-0.15, -0.1) is 0 Å². The second-order valence-corrected chi connectivity index (χ2v) is 5.23. The van der Waals surface area contributed by atoms with Crippen LogP contribution < -0.4 is 5.73 Å². The number of benzene rings is 1. The number of aromatic hydroxyl groups is 2. The van der Waals surface area contributed by atoms with Crippen molar-refractivity contribution in [2.75, 3.05) is 13.6 Å². The van der Waals surface area contributed by atoms with Crippen LogP contribution in [0.1, 0.15) is 31.4 Å². The lowest BCUT2D eigenvalue weighted by Gasteiger charge is -2.33. The molecule has 0 aliphatic heterocycles. The molecule has 100 valence electrons. The summed E-state index contributed by atoms with van der Waals surface area (Å²) >= 11 is 0. The van der Waals surface area contributed by atoms with E-state index in [-0.39, 0.29) is 17.5 Å². The van der Waals surface area contributed by atoms with Gasteiger partial charge in [-0.2, -0.15) is 0 Å². The topological polar surface area (TPSA) is 69.7 Å². The molecule has 1 fully saturated rings. The minimum atomic E-state index is 0.0831. The molecule has 4 N–H and O–H groups in total. The van der Waals surface area contributed by atoms with Crippen LogP contribution in [0.15, 0.2) is 18.2 Å². The van der Waals surface area contributed by atoms with Crippen molar-refractivity contribution >= 4 is 0 Å². The minimum absolute atomic E-state index is 0.0831. The summed E-state index contributed by atoms with van der Waals surface area (Å²) in [5, 5.41) is 19.2. The molecule has 4 heteroatoms. The molecule has 0 aromatic heterocycles. The predicted octanol–water partition coefficient (Wildman–Crippen LogP) is 1.83. The molecule has 4 nitrogen and oxygen atoms in total. The predicted molar refractivity (Wildman–Crippen MR) is 71.5 cm³/mol. The van der Waals surface area contributed by atoms with Crippen LogP contribution in [0.5, 0.6) is 11.5 Å². The number of likely N-dealkylation sites (N-methyl/N-ethyl adjacent to an activating group) is 1. The minimum Gasteiger partial charge on any atom is -0.508 e. The van der Waals surface area contributed by atoms with Crippen LogP contribution in [0.2, 0.25) is 0 Å². The van der Waals surface area contributed by atoms with Gasteiger partial charge >= 0.3 is 0 Å². The highest BCUT2D eigenvalue weighted by atomic mass is 16.3. The molecule has 1 aliphatic carbocycles. The molecule has 18 heavy (non-hydrogen) atoms. The Bertz CT molecular complexity index is 418. The van der Waals surface area contributed by atoms with Gasteiger partial charge in [-0.3, -0.25) is 4.90 Å². The molecule has 0 radical (unpaired) electrons. The van der Waals surface area contributed by atoms with E-state index in [1.807, 2.05) is 7.05 Å². The average Bonchev–Trinajstić information content (AvgIpc) is 3.13. The quantitative estimate of drug-likeness (QED) is 0.745. The van der Waals surface area contributed by atoms with Gasteiger partial charge in [-0.05, 0) is 38.8 Å². The van der Waals surface area contributed by atoms with E-state index in [9.17, 15) is 10.2 Å². The van der Waals surface area contributed by atoms with Gasteiger partial charge in [0, 0.05) is 30.3 Å². The van der Waals surface area contributed by atoms with Crippen molar-refractivity contribution in [3.05, 3.63) is 23.8 Å². The molecule has 2 atom stereocenters. The van der Waals surface area contributed by atoms with Gasteiger partial charge in [0.2, 0.25) is 0 Å². The molecule has 0 spiro atoms. The van der Waals surface area contributed by atoms with Crippen LogP contribution in [0.4, 0.5) is 0 Å². The first-order valence-electron chi connectivity index (χ1n) is 6.48. The fourth-order valence-corrected chi connectivity index (χ4v) is 2.56. The first-order valence-corrected chi connectivity index (χ1v) is 6.48. The average molecular weight is 250 g/mol. The maximum Gasteiger partial charge on any atom is 0.124 e. The Balaban J connectivity index is 2.16. The van der Waals surface area contributed by atoms with E-state index in [0.717, 1.165) is 5.56 Å². The molecule has 1 aromatic rings. The summed E-state index contributed by atoms with van der Waals surface area (Å²) in [4.78, 5) is 2.23. The van der Waals surface area contributed by atoms with Gasteiger partial charge in [-0.25, -0.2) is 0 Å². The van der Waals surface area contributed by atoms with Crippen molar-refractivity contribution < 1.29 is 10.2 Å². The van der Waals surface area contributed by atoms with Gasteiger partial charge in [-0.1, -0.05) is 6.07 Å². The second-order valence-electron chi connectivity index (χ2n) is 5.23. The van der Waals surface area contributed by atoms with E-state index in [4.69, 9.17) is 5.73 Å². The van der Waals surface area contributed by atoms with Gasteiger partial charge < -0.3 is 15.9 Å². The van der Waals surface area contributed by atoms with E-state index >= 15 is 0 Å². The number of phenolic OH excluding ortho intramolecular Hbond substituents is 2. The maximum absolute atomic E-state index is 9.90. The zero-order valence-corrected chi connectivity index (χ0v) is 11.0. The number of nitrogens with zero attached hydrogens (tertiary/aromatic N) is 1. The Hall–Kier alpha value is -1.26. The standard InChI is InChI=1S/C14H22N2O2/c1-9(12-6-5-11(17)7-14(12)18)16(2)13(8-15)10-3-4-10/h5-7,9-10,13,17-18H,3-4,8,15H2,1-2H3. The number of hydrogen-bond donors (Lipinski definition) is 3.